The van der Waals surface area contributed by atoms with Crippen LogP contribution in [0, 0.1) is 6.92 Å². The van der Waals surface area contributed by atoms with Crippen molar-refractivity contribution in [3.63, 3.8) is 0 Å². The van der Waals surface area contributed by atoms with Crippen LogP contribution in [0.5, 0.6) is 0 Å². The van der Waals surface area contributed by atoms with Crippen LogP contribution in [0.2, 0.25) is 0 Å². The number of hydrogen-bond donors (Lipinski definition) is 1. The topological polar surface area (TPSA) is 32.6 Å². The molecule has 0 saturated heterocycles. The molecule has 1 N–H and O–H groups in total. The lowest BCUT2D eigenvalue weighted by Gasteiger charge is -2.00. The fourth-order valence-corrected chi connectivity index (χ4v) is 1.34. The number of hydrogen-bond acceptors (Lipinski definition) is 2. The summed E-state index contributed by atoms with van der Waals surface area (Å²) in [4.78, 5) is 0. The minimum absolute atomic E-state index is 0.562. The molecule has 0 bridgehead atoms. The highest BCUT2D eigenvalue weighted by Crippen LogP contribution is 2.06. The third-order valence-corrected chi connectivity index (χ3v) is 2.16. The van der Waals surface area contributed by atoms with Crippen molar-refractivity contribution in [1.82, 2.24) is 0 Å². The van der Waals surface area contributed by atoms with Crippen LogP contribution in [0.15, 0.2) is 29.4 Å². The maximum atomic E-state index is 8.61. The van der Waals surface area contributed by atoms with Crippen LogP contribution in [0.25, 0.3) is 0 Å². The van der Waals surface area contributed by atoms with Crippen molar-refractivity contribution in [1.29, 1.82) is 0 Å². The Morgan fingerprint density at radius 1 is 1.42 bits per heavy atom. The van der Waals surface area contributed by atoms with E-state index in [2.05, 4.69) is 21.1 Å². The molecule has 0 aliphatic rings. The van der Waals surface area contributed by atoms with Gasteiger partial charge in [0.2, 0.25) is 0 Å². The molecule has 0 aromatic heterocycles. The number of oxime groups is 1. The fraction of sp³-hybridized carbons (Fsp3) is 0.222. The monoisotopic (exact) mass is 227 g/mol. The number of nitrogens with zero attached hydrogens (tertiary/aromatic N) is 1. The van der Waals surface area contributed by atoms with Crippen molar-refractivity contribution >= 4 is 21.6 Å². The van der Waals surface area contributed by atoms with E-state index in [9.17, 15) is 0 Å². The van der Waals surface area contributed by atoms with Crippen LogP contribution < -0.4 is 0 Å². The highest BCUT2D eigenvalue weighted by atomic mass is 79.9. The van der Waals surface area contributed by atoms with Crippen LogP contribution in [0.4, 0.5) is 0 Å². The second-order valence-electron chi connectivity index (χ2n) is 2.55. The molecule has 0 aliphatic carbocycles. The molecule has 64 valence electrons. The molecule has 0 unspecified atom stereocenters. The molecule has 0 saturated carbocycles. The number of benzene rings is 1. The van der Waals surface area contributed by atoms with Gasteiger partial charge in [0, 0.05) is 10.9 Å². The smallest absolute Gasteiger partial charge is 0.0973 e. The number of alkyl halides is 1. The summed E-state index contributed by atoms with van der Waals surface area (Å²) in [6.45, 7) is 2.02. The molecular weight excluding hydrogens is 218 g/mol. The Morgan fingerprint density at radius 3 is 2.42 bits per heavy atom. The van der Waals surface area contributed by atoms with E-state index < -0.39 is 0 Å². The summed E-state index contributed by atoms with van der Waals surface area (Å²) in [6, 6.07) is 7.85. The number of aryl methyl sites for hydroxylation is 1. The molecule has 1 aromatic rings. The summed E-state index contributed by atoms with van der Waals surface area (Å²) < 4.78 is 0. The predicted octanol–water partition coefficient (Wildman–Crippen LogP) is 2.57. The van der Waals surface area contributed by atoms with Gasteiger partial charge in [0.15, 0.2) is 0 Å². The average Bonchev–Trinajstić information content (AvgIpc) is 2.10. The van der Waals surface area contributed by atoms with Gasteiger partial charge in [0.05, 0.1) is 5.71 Å². The van der Waals surface area contributed by atoms with E-state index in [0.29, 0.717) is 11.0 Å². The minimum Gasteiger partial charge on any atom is -0.411 e. The summed E-state index contributed by atoms with van der Waals surface area (Å²) in [7, 11) is 0. The maximum Gasteiger partial charge on any atom is 0.0973 e. The van der Waals surface area contributed by atoms with E-state index in [4.69, 9.17) is 5.21 Å². The van der Waals surface area contributed by atoms with Crippen molar-refractivity contribution in [2.24, 2.45) is 5.16 Å². The first-order valence-corrected chi connectivity index (χ1v) is 4.74. The standard InChI is InChI=1S/C9H10BrNO/c1-7-2-4-8(5-3-7)9(6-10)11-12/h2-5,12H,6H2,1H3. The first-order valence-electron chi connectivity index (χ1n) is 3.62. The normalized spacial score (nSPS) is 11.7. The van der Waals surface area contributed by atoms with Crippen LogP contribution in [-0.2, 0) is 0 Å². The van der Waals surface area contributed by atoms with Gasteiger partial charge in [0.1, 0.15) is 0 Å². The van der Waals surface area contributed by atoms with E-state index in [-0.39, 0.29) is 0 Å². The third-order valence-electron chi connectivity index (χ3n) is 1.63. The van der Waals surface area contributed by atoms with Gasteiger partial charge < -0.3 is 5.21 Å². The molecule has 1 aromatic carbocycles. The van der Waals surface area contributed by atoms with Crippen molar-refractivity contribution in [3.05, 3.63) is 35.4 Å². The third kappa shape index (κ3) is 2.08. The highest BCUT2D eigenvalue weighted by Gasteiger charge is 2.00. The fourth-order valence-electron chi connectivity index (χ4n) is 0.908. The largest absolute Gasteiger partial charge is 0.411 e. The Kier molecular flexibility index (Phi) is 3.29. The molecular formula is C9H10BrNO. The molecule has 0 fully saturated rings. The Labute approximate surface area is 80.0 Å². The molecule has 0 radical (unpaired) electrons. The first-order chi connectivity index (χ1) is 5.77. The SMILES string of the molecule is Cc1ccc(C(CBr)=NO)cc1. The van der Waals surface area contributed by atoms with Gasteiger partial charge in [0.25, 0.3) is 0 Å². The average molecular weight is 228 g/mol. The molecule has 1 rings (SSSR count). The highest BCUT2D eigenvalue weighted by molar-refractivity contribution is 9.09. The molecule has 0 aliphatic heterocycles. The van der Waals surface area contributed by atoms with Gasteiger partial charge in [-0.3, -0.25) is 0 Å². The van der Waals surface area contributed by atoms with Crippen LogP contribution >= 0.6 is 15.9 Å². The summed E-state index contributed by atoms with van der Waals surface area (Å²) in [5.41, 5.74) is 2.79. The number of rotatable bonds is 2. The zero-order valence-electron chi connectivity index (χ0n) is 6.79. The molecule has 2 nitrogen and oxygen atoms in total. The van der Waals surface area contributed by atoms with Gasteiger partial charge in [-0.25, -0.2) is 0 Å². The number of halogens is 1. The summed E-state index contributed by atoms with van der Waals surface area (Å²) in [5.74, 6) is 0. The first kappa shape index (κ1) is 9.26. The van der Waals surface area contributed by atoms with Gasteiger partial charge in [-0.15, -0.1) is 0 Å². The van der Waals surface area contributed by atoms with E-state index in [1.54, 1.807) is 0 Å². The molecule has 0 amide bonds. The lowest BCUT2D eigenvalue weighted by Crippen LogP contribution is -2.01. The van der Waals surface area contributed by atoms with E-state index in [0.717, 1.165) is 5.56 Å². The van der Waals surface area contributed by atoms with Gasteiger partial charge in [-0.1, -0.05) is 50.9 Å². The van der Waals surface area contributed by atoms with Crippen LogP contribution in [0.1, 0.15) is 11.1 Å². The Balaban J connectivity index is 2.96. The van der Waals surface area contributed by atoms with Gasteiger partial charge in [-0.2, -0.15) is 0 Å². The molecule has 0 spiro atoms. The second kappa shape index (κ2) is 4.26. The molecule has 0 atom stereocenters. The van der Waals surface area contributed by atoms with Crippen molar-refractivity contribution < 1.29 is 5.21 Å². The van der Waals surface area contributed by atoms with Crippen molar-refractivity contribution in [2.75, 3.05) is 5.33 Å². The Morgan fingerprint density at radius 2 is 2.00 bits per heavy atom. The molecule has 0 heterocycles. The Hall–Kier alpha value is -0.830. The minimum atomic E-state index is 0.562. The van der Waals surface area contributed by atoms with Gasteiger partial charge in [-0.05, 0) is 6.92 Å². The maximum absolute atomic E-state index is 8.61. The lowest BCUT2D eigenvalue weighted by molar-refractivity contribution is 0.319. The lowest BCUT2D eigenvalue weighted by atomic mass is 10.1. The van der Waals surface area contributed by atoms with E-state index in [1.165, 1.54) is 5.56 Å². The zero-order valence-corrected chi connectivity index (χ0v) is 8.37. The van der Waals surface area contributed by atoms with Crippen LogP contribution in [0.3, 0.4) is 0 Å². The summed E-state index contributed by atoms with van der Waals surface area (Å²) >= 11 is 3.24. The van der Waals surface area contributed by atoms with Crippen molar-refractivity contribution in [3.8, 4) is 0 Å². The molecule has 3 heteroatoms. The van der Waals surface area contributed by atoms with E-state index in [1.807, 2.05) is 31.2 Å². The van der Waals surface area contributed by atoms with E-state index >= 15 is 0 Å². The van der Waals surface area contributed by atoms with Crippen LogP contribution in [-0.4, -0.2) is 16.2 Å². The zero-order chi connectivity index (χ0) is 8.97. The second-order valence-corrected chi connectivity index (χ2v) is 3.11. The molecule has 12 heavy (non-hydrogen) atoms. The Bertz CT molecular complexity index is 279. The summed E-state index contributed by atoms with van der Waals surface area (Å²) in [6.07, 6.45) is 0. The summed E-state index contributed by atoms with van der Waals surface area (Å²) in [5, 5.41) is 12.3. The van der Waals surface area contributed by atoms with Crippen molar-refractivity contribution in [2.45, 2.75) is 6.92 Å². The predicted molar refractivity (Wildman–Crippen MR) is 53.3 cm³/mol. The van der Waals surface area contributed by atoms with Gasteiger partial charge >= 0.3 is 0 Å². The quantitative estimate of drug-likeness (QED) is 0.359.